The first-order valence-electron chi connectivity index (χ1n) is 9.96. The molecule has 0 aliphatic heterocycles. The minimum absolute atomic E-state index is 0.166. The van der Waals surface area contributed by atoms with E-state index in [4.69, 9.17) is 9.47 Å². The number of pyridine rings is 1. The van der Waals surface area contributed by atoms with Crippen molar-refractivity contribution in [2.24, 2.45) is 0 Å². The lowest BCUT2D eigenvalue weighted by Crippen LogP contribution is -2.30. The van der Waals surface area contributed by atoms with Crippen molar-refractivity contribution < 1.29 is 19.1 Å². The van der Waals surface area contributed by atoms with Crippen molar-refractivity contribution >= 4 is 33.4 Å². The van der Waals surface area contributed by atoms with Gasteiger partial charge in [0, 0.05) is 36.6 Å². The van der Waals surface area contributed by atoms with Crippen LogP contribution in [0.5, 0.6) is 0 Å². The van der Waals surface area contributed by atoms with Gasteiger partial charge in [0.25, 0.3) is 5.91 Å². The van der Waals surface area contributed by atoms with Crippen LogP contribution in [0.2, 0.25) is 0 Å². The molecule has 0 bridgehead atoms. The molecule has 0 spiro atoms. The van der Waals surface area contributed by atoms with E-state index in [1.54, 1.807) is 0 Å². The van der Waals surface area contributed by atoms with Gasteiger partial charge in [-0.05, 0) is 57.9 Å². The lowest BCUT2D eigenvalue weighted by atomic mass is 10.1. The molecule has 0 fully saturated rings. The standard InChI is InChI=1S/C22H27N3O4S/c1-14(2)28-11-7-8-23-17(26)13-29-22(27)20-19(25-9-5-6-10-25)18-15(3)12-16(4)24-21(18)30-20/h5-6,9-10,12,14H,7-8,11,13H2,1-4H3,(H,23,26). The Morgan fingerprint density at radius 2 is 1.97 bits per heavy atom. The number of aromatic nitrogens is 2. The number of rotatable bonds is 9. The third kappa shape index (κ3) is 5.25. The molecule has 0 aromatic carbocycles. The van der Waals surface area contributed by atoms with E-state index in [0.717, 1.165) is 27.2 Å². The first-order valence-corrected chi connectivity index (χ1v) is 10.8. The van der Waals surface area contributed by atoms with Crippen molar-refractivity contribution in [2.75, 3.05) is 19.8 Å². The minimum Gasteiger partial charge on any atom is -0.451 e. The molecule has 0 saturated carbocycles. The van der Waals surface area contributed by atoms with Crippen LogP contribution in [-0.4, -0.2) is 47.3 Å². The predicted octanol–water partition coefficient (Wildman–Crippen LogP) is 3.79. The zero-order chi connectivity index (χ0) is 21.7. The van der Waals surface area contributed by atoms with Gasteiger partial charge in [0.1, 0.15) is 9.71 Å². The predicted molar refractivity (Wildman–Crippen MR) is 117 cm³/mol. The number of nitrogens with one attached hydrogen (secondary N) is 1. The molecule has 3 aromatic heterocycles. The first-order chi connectivity index (χ1) is 14.4. The Kier molecular flexibility index (Phi) is 7.23. The molecule has 8 heteroatoms. The van der Waals surface area contributed by atoms with Crippen LogP contribution < -0.4 is 5.32 Å². The Morgan fingerprint density at radius 1 is 1.23 bits per heavy atom. The second kappa shape index (κ2) is 9.86. The molecule has 7 nitrogen and oxygen atoms in total. The Balaban J connectivity index is 1.70. The third-order valence-electron chi connectivity index (χ3n) is 4.44. The number of nitrogens with zero attached hydrogens (tertiary/aromatic N) is 2. The van der Waals surface area contributed by atoms with E-state index in [2.05, 4.69) is 10.3 Å². The highest BCUT2D eigenvalue weighted by molar-refractivity contribution is 7.21. The average Bonchev–Trinajstić information content (AvgIpc) is 3.32. The molecule has 3 rings (SSSR count). The van der Waals surface area contributed by atoms with Gasteiger partial charge in [0.05, 0.1) is 11.8 Å². The molecule has 0 unspecified atom stereocenters. The van der Waals surface area contributed by atoms with Crippen LogP contribution in [0, 0.1) is 13.8 Å². The molecule has 1 N–H and O–H groups in total. The number of ether oxygens (including phenoxy) is 2. The largest absolute Gasteiger partial charge is 0.451 e. The van der Waals surface area contributed by atoms with E-state index in [1.807, 2.05) is 62.9 Å². The monoisotopic (exact) mass is 429 g/mol. The van der Waals surface area contributed by atoms with E-state index in [0.29, 0.717) is 24.4 Å². The second-order valence-electron chi connectivity index (χ2n) is 7.33. The summed E-state index contributed by atoms with van der Waals surface area (Å²) >= 11 is 1.28. The summed E-state index contributed by atoms with van der Waals surface area (Å²) in [5, 5.41) is 3.66. The fraction of sp³-hybridized carbons (Fsp3) is 0.409. The van der Waals surface area contributed by atoms with E-state index >= 15 is 0 Å². The Hall–Kier alpha value is -2.71. The number of carbonyl (C=O) groups excluding carboxylic acids is 2. The number of hydrogen-bond donors (Lipinski definition) is 1. The fourth-order valence-electron chi connectivity index (χ4n) is 3.16. The van der Waals surface area contributed by atoms with Gasteiger partial charge >= 0.3 is 5.97 Å². The highest BCUT2D eigenvalue weighted by Crippen LogP contribution is 2.36. The molecule has 0 radical (unpaired) electrons. The molecule has 3 heterocycles. The normalized spacial score (nSPS) is 11.2. The molecule has 30 heavy (non-hydrogen) atoms. The maximum Gasteiger partial charge on any atom is 0.351 e. The van der Waals surface area contributed by atoms with Crippen LogP contribution in [-0.2, 0) is 14.3 Å². The van der Waals surface area contributed by atoms with Gasteiger partial charge in [-0.25, -0.2) is 9.78 Å². The van der Waals surface area contributed by atoms with E-state index in [-0.39, 0.29) is 18.6 Å². The van der Waals surface area contributed by atoms with Crippen molar-refractivity contribution in [1.82, 2.24) is 14.9 Å². The second-order valence-corrected chi connectivity index (χ2v) is 8.33. The Morgan fingerprint density at radius 3 is 2.67 bits per heavy atom. The maximum atomic E-state index is 12.8. The fourth-order valence-corrected chi connectivity index (χ4v) is 4.35. The van der Waals surface area contributed by atoms with Gasteiger partial charge in [-0.15, -0.1) is 11.3 Å². The van der Waals surface area contributed by atoms with Crippen molar-refractivity contribution in [2.45, 2.75) is 40.2 Å². The summed E-state index contributed by atoms with van der Waals surface area (Å²) in [6.07, 6.45) is 4.63. The number of fused-ring (bicyclic) bond motifs is 1. The van der Waals surface area contributed by atoms with Crippen LogP contribution in [0.4, 0.5) is 0 Å². The number of thiophene rings is 1. The van der Waals surface area contributed by atoms with Gasteiger partial charge in [0.15, 0.2) is 6.61 Å². The van der Waals surface area contributed by atoms with Crippen LogP contribution in [0.3, 0.4) is 0 Å². The van der Waals surface area contributed by atoms with Crippen molar-refractivity contribution in [3.63, 3.8) is 0 Å². The number of esters is 1. The summed E-state index contributed by atoms with van der Waals surface area (Å²) in [5.41, 5.74) is 2.67. The number of hydrogen-bond acceptors (Lipinski definition) is 6. The van der Waals surface area contributed by atoms with E-state index < -0.39 is 5.97 Å². The molecule has 0 saturated heterocycles. The minimum atomic E-state index is -0.531. The van der Waals surface area contributed by atoms with Crippen molar-refractivity contribution in [1.29, 1.82) is 0 Å². The summed E-state index contributed by atoms with van der Waals surface area (Å²) < 4.78 is 12.6. The Bertz CT molecular complexity index is 1020. The highest BCUT2D eigenvalue weighted by Gasteiger charge is 2.23. The zero-order valence-corrected chi connectivity index (χ0v) is 18.5. The highest BCUT2D eigenvalue weighted by atomic mass is 32.1. The smallest absolute Gasteiger partial charge is 0.351 e. The maximum absolute atomic E-state index is 12.8. The average molecular weight is 430 g/mol. The van der Waals surface area contributed by atoms with Crippen LogP contribution in [0.15, 0.2) is 30.6 Å². The molecule has 1 amide bonds. The number of aryl methyl sites for hydroxylation is 2. The summed E-state index contributed by atoms with van der Waals surface area (Å²) in [4.78, 5) is 30.6. The van der Waals surface area contributed by atoms with E-state index in [9.17, 15) is 9.59 Å². The SMILES string of the molecule is Cc1cc(C)c2c(-n3cccc3)c(C(=O)OCC(=O)NCCCOC(C)C)sc2n1. The van der Waals surface area contributed by atoms with Gasteiger partial charge in [-0.2, -0.15) is 0 Å². The van der Waals surface area contributed by atoms with Gasteiger partial charge in [0.2, 0.25) is 0 Å². The molecule has 160 valence electrons. The first kappa shape index (κ1) is 22.0. The Labute approximate surface area is 180 Å². The van der Waals surface area contributed by atoms with Crippen LogP contribution in [0.1, 0.15) is 41.2 Å². The van der Waals surface area contributed by atoms with Crippen LogP contribution >= 0.6 is 11.3 Å². The third-order valence-corrected chi connectivity index (χ3v) is 5.49. The number of carbonyl (C=O) groups is 2. The topological polar surface area (TPSA) is 82.5 Å². The van der Waals surface area contributed by atoms with Gasteiger partial charge in [-0.1, -0.05) is 0 Å². The molecule has 0 atom stereocenters. The molecule has 3 aromatic rings. The summed E-state index contributed by atoms with van der Waals surface area (Å²) in [5.74, 6) is -0.862. The molecule has 0 aliphatic rings. The lowest BCUT2D eigenvalue weighted by Gasteiger charge is -2.09. The molecular formula is C22H27N3O4S. The van der Waals surface area contributed by atoms with Crippen molar-refractivity contribution in [3.8, 4) is 5.69 Å². The van der Waals surface area contributed by atoms with Gasteiger partial charge < -0.3 is 19.4 Å². The summed E-state index contributed by atoms with van der Waals surface area (Å²) in [6.45, 7) is 8.58. The summed E-state index contributed by atoms with van der Waals surface area (Å²) in [7, 11) is 0. The van der Waals surface area contributed by atoms with Gasteiger partial charge in [-0.3, -0.25) is 4.79 Å². The molecule has 0 aliphatic carbocycles. The molecular weight excluding hydrogens is 402 g/mol. The number of amides is 1. The zero-order valence-electron chi connectivity index (χ0n) is 17.7. The van der Waals surface area contributed by atoms with E-state index in [1.165, 1.54) is 11.3 Å². The van der Waals surface area contributed by atoms with Crippen molar-refractivity contribution in [3.05, 3.63) is 46.7 Å². The quantitative estimate of drug-likeness (QED) is 0.413. The summed E-state index contributed by atoms with van der Waals surface area (Å²) in [6, 6.07) is 5.78. The lowest BCUT2D eigenvalue weighted by molar-refractivity contribution is -0.124. The van der Waals surface area contributed by atoms with Crippen LogP contribution in [0.25, 0.3) is 15.9 Å².